The van der Waals surface area contributed by atoms with Crippen molar-refractivity contribution < 1.29 is 13.6 Å². The van der Waals surface area contributed by atoms with Crippen LogP contribution < -0.4 is 5.32 Å². The van der Waals surface area contributed by atoms with E-state index in [1.165, 1.54) is 18.2 Å². The first-order chi connectivity index (χ1) is 6.65. The molecule has 0 spiro atoms. The number of alkyl halides is 1. The normalized spacial score (nSPS) is 9.93. The van der Waals surface area contributed by atoms with Crippen LogP contribution >= 0.6 is 15.9 Å². The fraction of sp³-hybridized carbons (Fsp3) is 0.222. The third-order valence-electron chi connectivity index (χ3n) is 1.56. The fourth-order valence-electron chi connectivity index (χ4n) is 0.930. The molecule has 1 N–H and O–H groups in total. The second-order valence-corrected chi connectivity index (χ2v) is 3.42. The maximum atomic E-state index is 12.6. The summed E-state index contributed by atoms with van der Waals surface area (Å²) < 4.78 is 24.7. The van der Waals surface area contributed by atoms with Gasteiger partial charge < -0.3 is 5.32 Å². The number of carbonyl (C=O) groups is 1. The monoisotopic (exact) mass is 263 g/mol. The summed E-state index contributed by atoms with van der Waals surface area (Å²) in [4.78, 5) is 11.3. The Kier molecular flexibility index (Phi) is 4.00. The first-order valence-electron chi connectivity index (χ1n) is 3.94. The molecule has 0 aliphatic rings. The number of nitrogens with one attached hydrogen (secondary N) is 1. The molecule has 0 saturated carbocycles. The number of carbonyl (C=O) groups excluding carboxylic acids is 1. The van der Waals surface area contributed by atoms with Crippen molar-refractivity contribution in [3.63, 3.8) is 0 Å². The van der Waals surface area contributed by atoms with Crippen molar-refractivity contribution in [2.24, 2.45) is 0 Å². The van der Waals surface area contributed by atoms with Crippen molar-refractivity contribution >= 4 is 21.8 Å². The van der Waals surface area contributed by atoms with E-state index in [0.29, 0.717) is 10.0 Å². The van der Waals surface area contributed by atoms with Gasteiger partial charge in [0, 0.05) is 11.0 Å². The van der Waals surface area contributed by atoms with Crippen LogP contribution in [-0.2, 0) is 0 Å². The predicted octanol–water partition coefficient (Wildman–Crippen LogP) is 2.29. The van der Waals surface area contributed by atoms with Crippen molar-refractivity contribution in [3.8, 4) is 0 Å². The lowest BCUT2D eigenvalue weighted by atomic mass is 10.2. The van der Waals surface area contributed by atoms with Gasteiger partial charge >= 0.3 is 0 Å². The Labute approximate surface area is 88.4 Å². The second-order valence-electron chi connectivity index (χ2n) is 2.57. The number of amides is 1. The summed E-state index contributed by atoms with van der Waals surface area (Å²) in [5.74, 6) is -0.853. The average Bonchev–Trinajstić information content (AvgIpc) is 2.14. The number of benzene rings is 1. The van der Waals surface area contributed by atoms with Crippen molar-refractivity contribution in [2.75, 3.05) is 13.2 Å². The molecule has 0 aliphatic heterocycles. The molecule has 1 rings (SSSR count). The van der Waals surface area contributed by atoms with Crippen LogP contribution in [-0.4, -0.2) is 19.1 Å². The first kappa shape index (κ1) is 11.1. The summed E-state index contributed by atoms with van der Waals surface area (Å²) in [6.07, 6.45) is 0. The molecule has 2 nitrogen and oxygen atoms in total. The van der Waals surface area contributed by atoms with Gasteiger partial charge in [0.05, 0.1) is 5.56 Å². The Hall–Kier alpha value is -0.970. The minimum Gasteiger partial charge on any atom is -0.349 e. The fourth-order valence-corrected chi connectivity index (χ4v) is 1.46. The highest BCUT2D eigenvalue weighted by atomic mass is 79.9. The van der Waals surface area contributed by atoms with Gasteiger partial charge in [-0.25, -0.2) is 8.78 Å². The molecule has 14 heavy (non-hydrogen) atoms. The Morgan fingerprint density at radius 1 is 1.50 bits per heavy atom. The zero-order valence-corrected chi connectivity index (χ0v) is 8.77. The third kappa shape index (κ3) is 2.77. The Bertz CT molecular complexity index is 344. The van der Waals surface area contributed by atoms with E-state index in [1.807, 2.05) is 0 Å². The average molecular weight is 264 g/mol. The van der Waals surface area contributed by atoms with Gasteiger partial charge in [-0.15, -0.1) is 0 Å². The van der Waals surface area contributed by atoms with Gasteiger partial charge in [0.15, 0.2) is 0 Å². The van der Waals surface area contributed by atoms with Gasteiger partial charge in [-0.05, 0) is 34.1 Å². The van der Waals surface area contributed by atoms with Gasteiger partial charge in [0.1, 0.15) is 12.5 Å². The van der Waals surface area contributed by atoms with Crippen molar-refractivity contribution in [1.82, 2.24) is 5.32 Å². The minimum absolute atomic E-state index is 0.0390. The van der Waals surface area contributed by atoms with Crippen LogP contribution in [0.25, 0.3) is 0 Å². The van der Waals surface area contributed by atoms with Crippen LogP contribution in [0.4, 0.5) is 8.78 Å². The molecule has 5 heteroatoms. The maximum Gasteiger partial charge on any atom is 0.252 e. The molecule has 1 amide bonds. The molecule has 0 aromatic heterocycles. The molecule has 0 aliphatic carbocycles. The molecular formula is C9H8BrF2NO. The number of halogens is 3. The summed E-state index contributed by atoms with van der Waals surface area (Å²) in [5, 5.41) is 2.34. The maximum absolute atomic E-state index is 12.6. The Balaban J connectivity index is 2.80. The molecule has 1 aromatic carbocycles. The largest absolute Gasteiger partial charge is 0.349 e. The minimum atomic E-state index is -0.620. The van der Waals surface area contributed by atoms with Gasteiger partial charge in [-0.1, -0.05) is 0 Å². The smallest absolute Gasteiger partial charge is 0.252 e. The topological polar surface area (TPSA) is 29.1 Å². The van der Waals surface area contributed by atoms with E-state index >= 15 is 0 Å². The molecule has 0 unspecified atom stereocenters. The lowest BCUT2D eigenvalue weighted by Crippen LogP contribution is -2.25. The standard InChI is InChI=1S/C9H8BrF2NO/c10-8-5-6(12)1-2-7(8)9(14)13-4-3-11/h1-2,5H,3-4H2,(H,13,14). The third-order valence-corrected chi connectivity index (χ3v) is 2.21. The molecule has 0 saturated heterocycles. The molecule has 0 atom stereocenters. The quantitative estimate of drug-likeness (QED) is 0.891. The number of hydrogen-bond acceptors (Lipinski definition) is 1. The van der Waals surface area contributed by atoms with Gasteiger partial charge in [-0.2, -0.15) is 0 Å². The van der Waals surface area contributed by atoms with E-state index in [1.54, 1.807) is 0 Å². The van der Waals surface area contributed by atoms with Crippen LogP contribution in [0.5, 0.6) is 0 Å². The van der Waals surface area contributed by atoms with Crippen molar-refractivity contribution in [1.29, 1.82) is 0 Å². The van der Waals surface area contributed by atoms with E-state index < -0.39 is 18.4 Å². The molecule has 0 bridgehead atoms. The van der Waals surface area contributed by atoms with Crippen LogP contribution in [0, 0.1) is 5.82 Å². The highest BCUT2D eigenvalue weighted by Gasteiger charge is 2.09. The van der Waals surface area contributed by atoms with Crippen LogP contribution in [0.15, 0.2) is 22.7 Å². The van der Waals surface area contributed by atoms with Gasteiger partial charge in [-0.3, -0.25) is 4.79 Å². The first-order valence-corrected chi connectivity index (χ1v) is 4.73. The summed E-state index contributed by atoms with van der Waals surface area (Å²) in [7, 11) is 0. The van der Waals surface area contributed by atoms with Gasteiger partial charge in [0.2, 0.25) is 0 Å². The van der Waals surface area contributed by atoms with Crippen molar-refractivity contribution in [3.05, 3.63) is 34.1 Å². The zero-order valence-electron chi connectivity index (χ0n) is 7.19. The van der Waals surface area contributed by atoms with E-state index in [4.69, 9.17) is 0 Å². The summed E-state index contributed by atoms with van der Waals surface area (Å²) in [6, 6.07) is 3.70. The molecule has 0 fully saturated rings. The molecule has 76 valence electrons. The molecule has 0 radical (unpaired) electrons. The Morgan fingerprint density at radius 2 is 2.21 bits per heavy atom. The lowest BCUT2D eigenvalue weighted by molar-refractivity contribution is 0.0950. The number of rotatable bonds is 3. The van der Waals surface area contributed by atoms with Crippen molar-refractivity contribution in [2.45, 2.75) is 0 Å². The van der Waals surface area contributed by atoms with Crippen LogP contribution in [0.1, 0.15) is 10.4 Å². The highest BCUT2D eigenvalue weighted by molar-refractivity contribution is 9.10. The number of hydrogen-bond donors (Lipinski definition) is 1. The second kappa shape index (κ2) is 5.05. The zero-order chi connectivity index (χ0) is 10.6. The van der Waals surface area contributed by atoms with E-state index in [0.717, 1.165) is 0 Å². The molecule has 1 aromatic rings. The van der Waals surface area contributed by atoms with Crippen LogP contribution in [0.2, 0.25) is 0 Å². The highest BCUT2D eigenvalue weighted by Crippen LogP contribution is 2.17. The summed E-state index contributed by atoms with van der Waals surface area (Å²) in [5.41, 5.74) is 0.292. The summed E-state index contributed by atoms with van der Waals surface area (Å²) >= 11 is 3.05. The van der Waals surface area contributed by atoms with E-state index in [-0.39, 0.29) is 6.54 Å². The van der Waals surface area contributed by atoms with Crippen LogP contribution in [0.3, 0.4) is 0 Å². The van der Waals surface area contributed by atoms with E-state index in [9.17, 15) is 13.6 Å². The lowest BCUT2D eigenvalue weighted by Gasteiger charge is -2.04. The van der Waals surface area contributed by atoms with Gasteiger partial charge in [0.25, 0.3) is 5.91 Å². The molecular weight excluding hydrogens is 256 g/mol. The SMILES string of the molecule is O=C(NCCF)c1ccc(F)cc1Br. The predicted molar refractivity (Wildman–Crippen MR) is 52.4 cm³/mol. The Morgan fingerprint density at radius 3 is 2.79 bits per heavy atom. The summed E-state index contributed by atoms with van der Waals surface area (Å²) in [6.45, 7) is -0.660. The van der Waals surface area contributed by atoms with E-state index in [2.05, 4.69) is 21.2 Å². The molecule has 0 heterocycles.